The zero-order chi connectivity index (χ0) is 13.8. The van der Waals surface area contributed by atoms with E-state index >= 15 is 0 Å². The molecule has 0 heterocycles. The number of para-hydroxylation sites is 1. The average molecular weight is 297 g/mol. The Bertz CT molecular complexity index is 568. The summed E-state index contributed by atoms with van der Waals surface area (Å²) in [6, 6.07) is 12.7. The van der Waals surface area contributed by atoms with Gasteiger partial charge in [-0.3, -0.25) is 0 Å². The van der Waals surface area contributed by atoms with Crippen molar-refractivity contribution in [3.05, 3.63) is 63.6 Å². The summed E-state index contributed by atoms with van der Waals surface area (Å²) >= 11 is 11.9. The van der Waals surface area contributed by atoms with Crippen molar-refractivity contribution in [3.8, 4) is 5.75 Å². The number of aliphatic hydroxyl groups excluding tert-OH is 1. The van der Waals surface area contributed by atoms with Gasteiger partial charge in [0.25, 0.3) is 0 Å². The van der Waals surface area contributed by atoms with Gasteiger partial charge in [-0.2, -0.15) is 0 Å². The van der Waals surface area contributed by atoms with Gasteiger partial charge in [-0.15, -0.1) is 0 Å². The molecule has 1 N–H and O–H groups in total. The van der Waals surface area contributed by atoms with Gasteiger partial charge in [0.2, 0.25) is 0 Å². The smallest absolute Gasteiger partial charge is 0.125 e. The summed E-state index contributed by atoms with van der Waals surface area (Å²) in [5.74, 6) is 0.656. The topological polar surface area (TPSA) is 29.5 Å². The van der Waals surface area contributed by atoms with Gasteiger partial charge in [-0.05, 0) is 25.1 Å². The highest BCUT2D eigenvalue weighted by molar-refractivity contribution is 6.35. The zero-order valence-electron chi connectivity index (χ0n) is 10.4. The lowest BCUT2D eigenvalue weighted by atomic mass is 10.1. The van der Waals surface area contributed by atoms with Crippen LogP contribution in [0, 0.1) is 0 Å². The highest BCUT2D eigenvalue weighted by Gasteiger charge is 2.09. The molecule has 2 nitrogen and oxygen atoms in total. The van der Waals surface area contributed by atoms with Crippen molar-refractivity contribution >= 4 is 23.2 Å². The maximum atomic E-state index is 9.67. The molecule has 0 radical (unpaired) electrons. The van der Waals surface area contributed by atoms with Gasteiger partial charge in [0, 0.05) is 21.2 Å². The third-order valence-electron chi connectivity index (χ3n) is 2.77. The largest absolute Gasteiger partial charge is 0.488 e. The van der Waals surface area contributed by atoms with E-state index in [2.05, 4.69) is 0 Å². The second-order valence-electron chi connectivity index (χ2n) is 4.24. The van der Waals surface area contributed by atoms with Crippen LogP contribution in [-0.2, 0) is 6.61 Å². The Hall–Kier alpha value is -1.22. The quantitative estimate of drug-likeness (QED) is 0.891. The predicted octanol–water partition coefficient (Wildman–Crippen LogP) is 4.63. The molecule has 0 bridgehead atoms. The number of benzene rings is 2. The van der Waals surface area contributed by atoms with Crippen LogP contribution in [0.2, 0.25) is 10.0 Å². The average Bonchev–Trinajstić information content (AvgIpc) is 2.38. The Kier molecular flexibility index (Phi) is 4.70. The van der Waals surface area contributed by atoms with Crippen molar-refractivity contribution in [2.45, 2.75) is 19.6 Å². The van der Waals surface area contributed by atoms with Crippen LogP contribution >= 0.6 is 23.2 Å². The molecule has 2 aromatic rings. The van der Waals surface area contributed by atoms with E-state index in [0.29, 0.717) is 22.4 Å². The van der Waals surface area contributed by atoms with E-state index in [0.717, 1.165) is 11.1 Å². The first-order valence-corrected chi connectivity index (χ1v) is 6.67. The van der Waals surface area contributed by atoms with Crippen molar-refractivity contribution in [2.75, 3.05) is 0 Å². The van der Waals surface area contributed by atoms with Crippen LogP contribution in [-0.4, -0.2) is 5.11 Å². The first-order valence-electron chi connectivity index (χ1n) is 5.91. The summed E-state index contributed by atoms with van der Waals surface area (Å²) in [6.07, 6.45) is -0.572. The van der Waals surface area contributed by atoms with Crippen LogP contribution in [0.4, 0.5) is 0 Å². The minimum absolute atomic E-state index is 0.333. The van der Waals surface area contributed by atoms with E-state index < -0.39 is 6.10 Å². The van der Waals surface area contributed by atoms with E-state index in [1.54, 1.807) is 19.1 Å². The molecule has 1 unspecified atom stereocenters. The minimum atomic E-state index is -0.572. The van der Waals surface area contributed by atoms with Crippen molar-refractivity contribution < 1.29 is 9.84 Å². The second kappa shape index (κ2) is 6.29. The van der Waals surface area contributed by atoms with Gasteiger partial charge in [0.15, 0.2) is 0 Å². The lowest BCUT2D eigenvalue weighted by Crippen LogP contribution is -2.01. The molecule has 0 aliphatic rings. The van der Waals surface area contributed by atoms with Gasteiger partial charge in [-0.1, -0.05) is 47.5 Å². The van der Waals surface area contributed by atoms with Crippen LogP contribution in [0.5, 0.6) is 5.75 Å². The minimum Gasteiger partial charge on any atom is -0.488 e. The maximum absolute atomic E-state index is 9.67. The van der Waals surface area contributed by atoms with Gasteiger partial charge in [0.05, 0.1) is 6.10 Å². The molecule has 0 spiro atoms. The van der Waals surface area contributed by atoms with Crippen LogP contribution in [0.3, 0.4) is 0 Å². The summed E-state index contributed by atoms with van der Waals surface area (Å²) in [7, 11) is 0. The third kappa shape index (κ3) is 3.63. The Balaban J connectivity index is 2.14. The molecule has 0 amide bonds. The Morgan fingerprint density at radius 1 is 1.16 bits per heavy atom. The van der Waals surface area contributed by atoms with Crippen LogP contribution in [0.25, 0.3) is 0 Å². The molecule has 2 aromatic carbocycles. The molecule has 0 fully saturated rings. The number of rotatable bonds is 4. The van der Waals surface area contributed by atoms with E-state index in [9.17, 15) is 5.11 Å². The van der Waals surface area contributed by atoms with Crippen LogP contribution < -0.4 is 4.74 Å². The fourth-order valence-electron chi connectivity index (χ4n) is 1.75. The molecular weight excluding hydrogens is 283 g/mol. The number of hydrogen-bond acceptors (Lipinski definition) is 2. The molecule has 0 aromatic heterocycles. The molecule has 0 aliphatic carbocycles. The normalized spacial score (nSPS) is 12.2. The van der Waals surface area contributed by atoms with E-state index in [-0.39, 0.29) is 0 Å². The molecule has 100 valence electrons. The van der Waals surface area contributed by atoms with Gasteiger partial charge < -0.3 is 9.84 Å². The van der Waals surface area contributed by atoms with Gasteiger partial charge in [0.1, 0.15) is 12.4 Å². The molecule has 0 saturated carbocycles. The Labute approximate surface area is 122 Å². The van der Waals surface area contributed by atoms with E-state index in [1.165, 1.54) is 0 Å². The van der Waals surface area contributed by atoms with E-state index in [1.807, 2.05) is 30.3 Å². The van der Waals surface area contributed by atoms with Crippen molar-refractivity contribution in [1.82, 2.24) is 0 Å². The Morgan fingerprint density at radius 3 is 2.58 bits per heavy atom. The lowest BCUT2D eigenvalue weighted by molar-refractivity contribution is 0.190. The molecule has 1 atom stereocenters. The van der Waals surface area contributed by atoms with Crippen molar-refractivity contribution in [1.29, 1.82) is 0 Å². The maximum Gasteiger partial charge on any atom is 0.125 e. The number of aliphatic hydroxyl groups is 1. The van der Waals surface area contributed by atoms with Gasteiger partial charge >= 0.3 is 0 Å². The van der Waals surface area contributed by atoms with Gasteiger partial charge in [-0.25, -0.2) is 0 Å². The lowest BCUT2D eigenvalue weighted by Gasteiger charge is -2.13. The zero-order valence-corrected chi connectivity index (χ0v) is 11.9. The molecule has 4 heteroatoms. The SMILES string of the molecule is CC(O)c1ccccc1OCc1ccc(Cl)cc1Cl. The molecular formula is C15H14Cl2O2. The summed E-state index contributed by atoms with van der Waals surface area (Å²) in [5.41, 5.74) is 1.61. The van der Waals surface area contributed by atoms with Crippen LogP contribution in [0.15, 0.2) is 42.5 Å². The first kappa shape index (κ1) is 14.2. The van der Waals surface area contributed by atoms with Crippen LogP contribution in [0.1, 0.15) is 24.2 Å². The number of ether oxygens (including phenoxy) is 1. The molecule has 0 saturated heterocycles. The Morgan fingerprint density at radius 2 is 1.89 bits per heavy atom. The highest BCUT2D eigenvalue weighted by atomic mass is 35.5. The molecule has 0 aliphatic heterocycles. The standard InChI is InChI=1S/C15H14Cl2O2/c1-10(18)13-4-2-3-5-15(13)19-9-11-6-7-12(16)8-14(11)17/h2-8,10,18H,9H2,1H3. The summed E-state index contributed by atoms with van der Waals surface area (Å²) in [5, 5.41) is 10.8. The highest BCUT2D eigenvalue weighted by Crippen LogP contribution is 2.27. The molecule has 2 rings (SSSR count). The van der Waals surface area contributed by atoms with E-state index in [4.69, 9.17) is 27.9 Å². The molecule has 19 heavy (non-hydrogen) atoms. The monoisotopic (exact) mass is 296 g/mol. The number of halogens is 2. The summed E-state index contributed by atoms with van der Waals surface area (Å²) in [6.45, 7) is 2.04. The third-order valence-corrected chi connectivity index (χ3v) is 3.35. The predicted molar refractivity (Wildman–Crippen MR) is 77.9 cm³/mol. The number of hydrogen-bond donors (Lipinski definition) is 1. The summed E-state index contributed by atoms with van der Waals surface area (Å²) in [4.78, 5) is 0. The summed E-state index contributed by atoms with van der Waals surface area (Å²) < 4.78 is 5.72. The fraction of sp³-hybridized carbons (Fsp3) is 0.200. The van der Waals surface area contributed by atoms with Crippen molar-refractivity contribution in [3.63, 3.8) is 0 Å². The van der Waals surface area contributed by atoms with Crippen molar-refractivity contribution in [2.24, 2.45) is 0 Å². The first-order chi connectivity index (χ1) is 9.08. The second-order valence-corrected chi connectivity index (χ2v) is 5.08. The fourth-order valence-corrected chi connectivity index (χ4v) is 2.21.